The zero-order valence-corrected chi connectivity index (χ0v) is 11.1. The number of methoxy groups -OCH3 is 1. The average molecular weight is 273 g/mol. The molecule has 0 aliphatic carbocycles. The number of carbonyl (C=O) groups excluding carboxylic acids is 2. The van der Waals surface area contributed by atoms with E-state index in [1.165, 1.54) is 7.11 Å². The Bertz CT molecular complexity index is 608. The van der Waals surface area contributed by atoms with Crippen LogP contribution in [0.2, 0.25) is 0 Å². The van der Waals surface area contributed by atoms with Crippen LogP contribution in [0.15, 0.2) is 36.1 Å². The minimum Gasteiger partial charge on any atom is -0.511 e. The summed E-state index contributed by atoms with van der Waals surface area (Å²) >= 11 is 0. The number of aliphatic hydroxyl groups is 1. The van der Waals surface area contributed by atoms with Gasteiger partial charge in [-0.15, -0.1) is 0 Å². The molecule has 2 aliphatic rings. The quantitative estimate of drug-likeness (QED) is 0.784. The fraction of sp³-hybridized carbons (Fsp3) is 0.333. The molecule has 5 heteroatoms. The molecule has 2 aliphatic heterocycles. The number of hydrogen-bond acceptors (Lipinski definition) is 4. The second-order valence-electron chi connectivity index (χ2n) is 5.00. The first kappa shape index (κ1) is 12.7. The number of nitrogens with zero attached hydrogens (tertiary/aromatic N) is 1. The number of amides is 1. The van der Waals surface area contributed by atoms with Crippen LogP contribution in [0.1, 0.15) is 17.2 Å². The van der Waals surface area contributed by atoms with Crippen molar-refractivity contribution in [2.45, 2.75) is 12.5 Å². The third-order valence-corrected chi connectivity index (χ3v) is 3.98. The highest BCUT2D eigenvalue weighted by molar-refractivity contribution is 5.93. The minimum absolute atomic E-state index is 0.222. The Labute approximate surface area is 116 Å². The summed E-state index contributed by atoms with van der Waals surface area (Å²) in [5.74, 6) is -1.86. The number of ether oxygens (including phenoxy) is 1. The van der Waals surface area contributed by atoms with Crippen molar-refractivity contribution in [1.29, 1.82) is 0 Å². The fourth-order valence-corrected chi connectivity index (χ4v) is 3.04. The summed E-state index contributed by atoms with van der Waals surface area (Å²) in [6.07, 6.45) is 1.87. The van der Waals surface area contributed by atoms with E-state index in [2.05, 4.69) is 0 Å². The molecule has 2 atom stereocenters. The highest BCUT2D eigenvalue weighted by Gasteiger charge is 2.45. The summed E-state index contributed by atoms with van der Waals surface area (Å²) in [5, 5.41) is 10.0. The number of hydrogen-bond donors (Lipinski definition) is 1. The van der Waals surface area contributed by atoms with E-state index >= 15 is 0 Å². The van der Waals surface area contributed by atoms with Gasteiger partial charge in [0.2, 0.25) is 0 Å². The van der Waals surface area contributed by atoms with Gasteiger partial charge in [0.05, 0.1) is 13.2 Å². The summed E-state index contributed by atoms with van der Waals surface area (Å²) in [6, 6.07) is 7.21. The Hall–Kier alpha value is -2.30. The lowest BCUT2D eigenvalue weighted by Crippen LogP contribution is -2.48. The van der Waals surface area contributed by atoms with Gasteiger partial charge in [-0.3, -0.25) is 9.59 Å². The first-order chi connectivity index (χ1) is 9.63. The second-order valence-corrected chi connectivity index (χ2v) is 5.00. The lowest BCUT2D eigenvalue weighted by molar-refractivity contribution is -0.150. The Morgan fingerprint density at radius 3 is 2.90 bits per heavy atom. The predicted molar refractivity (Wildman–Crippen MR) is 70.8 cm³/mol. The molecule has 1 aromatic rings. The number of rotatable bonds is 1. The van der Waals surface area contributed by atoms with Crippen LogP contribution in [0.4, 0.5) is 0 Å². The molecule has 2 heterocycles. The van der Waals surface area contributed by atoms with Crippen LogP contribution in [-0.4, -0.2) is 35.5 Å². The first-order valence-corrected chi connectivity index (χ1v) is 6.50. The summed E-state index contributed by atoms with van der Waals surface area (Å²) in [4.78, 5) is 25.7. The van der Waals surface area contributed by atoms with Gasteiger partial charge in [0.25, 0.3) is 5.91 Å². The molecule has 20 heavy (non-hydrogen) atoms. The molecule has 1 aromatic carbocycles. The van der Waals surface area contributed by atoms with E-state index in [4.69, 9.17) is 4.74 Å². The molecule has 0 spiro atoms. The molecule has 104 valence electrons. The van der Waals surface area contributed by atoms with E-state index in [0.717, 1.165) is 23.6 Å². The number of aliphatic hydroxyl groups excluding tert-OH is 1. The van der Waals surface area contributed by atoms with Crippen molar-refractivity contribution in [1.82, 2.24) is 4.90 Å². The van der Waals surface area contributed by atoms with Crippen molar-refractivity contribution in [2.75, 3.05) is 13.7 Å². The van der Waals surface area contributed by atoms with Gasteiger partial charge >= 0.3 is 5.97 Å². The lowest BCUT2D eigenvalue weighted by Gasteiger charge is -2.42. The maximum Gasteiger partial charge on any atom is 0.318 e. The largest absolute Gasteiger partial charge is 0.511 e. The average Bonchev–Trinajstić information content (AvgIpc) is 2.46. The molecule has 1 N–H and O–H groups in total. The van der Waals surface area contributed by atoms with Gasteiger partial charge in [-0.1, -0.05) is 24.3 Å². The minimum atomic E-state index is -0.848. The van der Waals surface area contributed by atoms with E-state index in [9.17, 15) is 14.7 Å². The molecule has 3 rings (SSSR count). The van der Waals surface area contributed by atoms with Crippen molar-refractivity contribution in [3.05, 3.63) is 47.2 Å². The van der Waals surface area contributed by atoms with Gasteiger partial charge in [-0.25, -0.2) is 0 Å². The number of carbonyl (C=O) groups is 2. The molecule has 5 nitrogen and oxygen atoms in total. The molecule has 1 amide bonds. The van der Waals surface area contributed by atoms with E-state index in [1.807, 2.05) is 24.3 Å². The topological polar surface area (TPSA) is 66.8 Å². The van der Waals surface area contributed by atoms with Crippen LogP contribution >= 0.6 is 0 Å². The van der Waals surface area contributed by atoms with Gasteiger partial charge in [-0.2, -0.15) is 0 Å². The van der Waals surface area contributed by atoms with Crippen LogP contribution in [-0.2, 0) is 20.7 Å². The third kappa shape index (κ3) is 1.78. The molecule has 0 unspecified atom stereocenters. The molecule has 0 fully saturated rings. The number of esters is 1. The normalized spacial score (nSPS) is 24.6. The van der Waals surface area contributed by atoms with Gasteiger partial charge in [0, 0.05) is 12.6 Å². The zero-order chi connectivity index (χ0) is 14.3. The Balaban J connectivity index is 2.14. The van der Waals surface area contributed by atoms with Crippen molar-refractivity contribution in [3.63, 3.8) is 0 Å². The van der Waals surface area contributed by atoms with E-state index in [-0.39, 0.29) is 11.7 Å². The van der Waals surface area contributed by atoms with Crippen LogP contribution in [0.5, 0.6) is 0 Å². The monoisotopic (exact) mass is 273 g/mol. The molecule has 0 saturated carbocycles. The highest BCUT2D eigenvalue weighted by atomic mass is 16.5. The summed E-state index contributed by atoms with van der Waals surface area (Å²) in [7, 11) is 1.28. The van der Waals surface area contributed by atoms with E-state index in [0.29, 0.717) is 6.54 Å². The molecule has 0 bridgehead atoms. The maximum atomic E-state index is 12.0. The zero-order valence-electron chi connectivity index (χ0n) is 11.1. The summed E-state index contributed by atoms with van der Waals surface area (Å²) in [6.45, 7) is 0.539. The maximum absolute atomic E-state index is 12.0. The molecule has 0 aromatic heterocycles. The van der Waals surface area contributed by atoms with E-state index < -0.39 is 17.9 Å². The SMILES string of the molecule is COC(=O)[C@H]1C(O)=CC(=O)N2CCc3ccccc3[C@@H]12. The fourth-order valence-electron chi connectivity index (χ4n) is 3.04. The standard InChI is InChI=1S/C15H15NO4/c1-20-15(19)13-11(17)8-12(18)16-7-6-9-4-2-3-5-10(9)14(13)16/h2-5,8,13-14,17H,6-7H2,1H3/t13-,14-/m0/s1. The van der Waals surface area contributed by atoms with Gasteiger partial charge < -0.3 is 14.7 Å². The van der Waals surface area contributed by atoms with Gasteiger partial charge in [0.1, 0.15) is 11.7 Å². The predicted octanol–water partition coefficient (Wildman–Crippen LogP) is 1.36. The molecular formula is C15H15NO4. The van der Waals surface area contributed by atoms with E-state index in [1.54, 1.807) is 4.90 Å². The number of fused-ring (bicyclic) bond motifs is 3. The molecular weight excluding hydrogens is 258 g/mol. The highest BCUT2D eigenvalue weighted by Crippen LogP contribution is 2.41. The van der Waals surface area contributed by atoms with Crippen LogP contribution in [0, 0.1) is 5.92 Å². The smallest absolute Gasteiger partial charge is 0.318 e. The van der Waals surface area contributed by atoms with Gasteiger partial charge in [-0.05, 0) is 17.5 Å². The van der Waals surface area contributed by atoms with Crippen molar-refractivity contribution >= 4 is 11.9 Å². The van der Waals surface area contributed by atoms with Crippen molar-refractivity contribution in [3.8, 4) is 0 Å². The summed E-state index contributed by atoms with van der Waals surface area (Å²) < 4.78 is 4.78. The third-order valence-electron chi connectivity index (χ3n) is 3.98. The first-order valence-electron chi connectivity index (χ1n) is 6.50. The van der Waals surface area contributed by atoms with Crippen molar-refractivity contribution in [2.24, 2.45) is 5.92 Å². The molecule has 0 radical (unpaired) electrons. The van der Waals surface area contributed by atoms with Crippen LogP contribution in [0.25, 0.3) is 0 Å². The molecule has 0 saturated heterocycles. The Morgan fingerprint density at radius 1 is 1.40 bits per heavy atom. The number of benzene rings is 1. The summed E-state index contributed by atoms with van der Waals surface area (Å²) in [5.41, 5.74) is 2.01. The second kappa shape index (κ2) is 4.67. The van der Waals surface area contributed by atoms with Crippen LogP contribution in [0.3, 0.4) is 0 Å². The Kier molecular flexibility index (Phi) is 2.97. The Morgan fingerprint density at radius 2 is 2.15 bits per heavy atom. The van der Waals surface area contributed by atoms with Crippen LogP contribution < -0.4 is 0 Å². The van der Waals surface area contributed by atoms with Crippen molar-refractivity contribution < 1.29 is 19.4 Å². The lowest BCUT2D eigenvalue weighted by atomic mass is 9.81. The van der Waals surface area contributed by atoms with Gasteiger partial charge in [0.15, 0.2) is 0 Å².